The summed E-state index contributed by atoms with van der Waals surface area (Å²) >= 11 is 1.29. The molecule has 0 fully saturated rings. The third kappa shape index (κ3) is 7.64. The highest BCUT2D eigenvalue weighted by Crippen LogP contribution is 2.21. The summed E-state index contributed by atoms with van der Waals surface area (Å²) < 4.78 is 26.0. The van der Waals surface area contributed by atoms with Gasteiger partial charge in [0.15, 0.2) is 5.13 Å². The van der Waals surface area contributed by atoms with Crippen molar-refractivity contribution in [3.05, 3.63) is 65.2 Å². The highest BCUT2D eigenvalue weighted by Gasteiger charge is 2.10. The molecule has 0 aliphatic carbocycles. The Hall–Kier alpha value is -3.25. The van der Waals surface area contributed by atoms with Gasteiger partial charge in [-0.05, 0) is 25.8 Å². The molecule has 2 aromatic heterocycles. The Morgan fingerprint density at radius 1 is 1.47 bits per heavy atom. The minimum atomic E-state index is -2.43. The van der Waals surface area contributed by atoms with Gasteiger partial charge in [0.1, 0.15) is 4.88 Å². The van der Waals surface area contributed by atoms with E-state index in [4.69, 9.17) is 0 Å². The predicted molar refractivity (Wildman–Crippen MR) is 116 cm³/mol. The number of thiazole rings is 1. The van der Waals surface area contributed by atoms with Crippen LogP contribution in [0.15, 0.2) is 49.0 Å². The number of hydrogen-bond acceptors (Lipinski definition) is 4. The quantitative estimate of drug-likeness (QED) is 0.483. The smallest absolute Gasteiger partial charge is 0.321 e. The predicted octanol–water partition coefficient (Wildman–Crippen LogP) is 4.32. The molecule has 6 nitrogen and oxygen atoms in total. The van der Waals surface area contributed by atoms with E-state index in [1.165, 1.54) is 22.2 Å². The van der Waals surface area contributed by atoms with Crippen molar-refractivity contribution in [2.45, 2.75) is 33.2 Å². The summed E-state index contributed by atoms with van der Waals surface area (Å²) in [5, 5.41) is 5.82. The lowest BCUT2D eigenvalue weighted by Crippen LogP contribution is -2.30. The van der Waals surface area contributed by atoms with E-state index in [-0.39, 0.29) is 0 Å². The lowest BCUT2D eigenvalue weighted by atomic mass is 10.2. The summed E-state index contributed by atoms with van der Waals surface area (Å²) in [5.41, 5.74) is 2.21. The number of carbonyl (C=O) groups excluding carboxylic acids is 1. The third-order valence-corrected chi connectivity index (χ3v) is 4.75. The van der Waals surface area contributed by atoms with Crippen LogP contribution in [0.1, 0.15) is 23.2 Å². The molecule has 0 aromatic carbocycles. The van der Waals surface area contributed by atoms with Crippen LogP contribution in [0.4, 0.5) is 18.7 Å². The molecule has 0 aliphatic heterocycles. The molecule has 158 valence electrons. The maximum atomic E-state index is 12.3. The second-order valence-corrected chi connectivity index (χ2v) is 7.11. The van der Waals surface area contributed by atoms with Gasteiger partial charge in [0.05, 0.1) is 24.3 Å². The Kier molecular flexibility index (Phi) is 8.97. The van der Waals surface area contributed by atoms with Crippen molar-refractivity contribution in [1.82, 2.24) is 19.9 Å². The molecule has 2 aromatic rings. The van der Waals surface area contributed by atoms with Gasteiger partial charge in [-0.15, -0.1) is 0 Å². The molecule has 0 unspecified atom stereocenters. The molecule has 0 radical (unpaired) electrons. The van der Waals surface area contributed by atoms with Crippen molar-refractivity contribution in [1.29, 1.82) is 0 Å². The molecule has 2 heterocycles. The Morgan fingerprint density at radius 2 is 2.27 bits per heavy atom. The summed E-state index contributed by atoms with van der Waals surface area (Å²) in [7, 11) is 0. The standard InChI is InChI=1S/C21H23F2N5OS/c1-4-6-7-16(5-2)8-9-18-15(3)26-21(30-18)27-20(29)24-11-10-17-12-28(14-25-17)13-19(22)23/h4-7,12,14,19H,1,10-11,13H2,2-3H3,(H2,24,26,27,29)/b7-6-,16-5+. The first-order chi connectivity index (χ1) is 14.4. The maximum Gasteiger partial charge on any atom is 0.321 e. The van der Waals surface area contributed by atoms with Gasteiger partial charge in [-0.25, -0.2) is 23.5 Å². The molecular weight excluding hydrogens is 408 g/mol. The van der Waals surface area contributed by atoms with Crippen LogP contribution in [-0.4, -0.2) is 33.5 Å². The molecule has 0 aliphatic rings. The number of alkyl halides is 2. The molecule has 2 rings (SSSR count). The second kappa shape index (κ2) is 11.7. The second-order valence-electron chi connectivity index (χ2n) is 6.11. The minimum absolute atomic E-state index is 0.314. The van der Waals surface area contributed by atoms with Gasteiger partial charge in [0.2, 0.25) is 0 Å². The number of rotatable bonds is 8. The van der Waals surface area contributed by atoms with Gasteiger partial charge in [-0.2, -0.15) is 0 Å². The van der Waals surface area contributed by atoms with Crippen LogP contribution in [0.5, 0.6) is 0 Å². The van der Waals surface area contributed by atoms with Crippen LogP contribution in [0, 0.1) is 18.8 Å². The molecule has 0 bridgehead atoms. The van der Waals surface area contributed by atoms with E-state index in [1.54, 1.807) is 12.3 Å². The lowest BCUT2D eigenvalue weighted by Gasteiger charge is -2.04. The Morgan fingerprint density at radius 3 is 2.97 bits per heavy atom. The first kappa shape index (κ1) is 23.0. The topological polar surface area (TPSA) is 71.8 Å². The van der Waals surface area contributed by atoms with E-state index < -0.39 is 19.0 Å². The van der Waals surface area contributed by atoms with Gasteiger partial charge < -0.3 is 9.88 Å². The van der Waals surface area contributed by atoms with Crippen molar-refractivity contribution in [3.8, 4) is 11.8 Å². The number of hydrogen-bond donors (Lipinski definition) is 2. The number of amides is 2. The number of anilines is 1. The Labute approximate surface area is 178 Å². The molecular formula is C21H23F2N5OS. The van der Waals surface area contributed by atoms with E-state index in [0.29, 0.717) is 23.8 Å². The molecule has 30 heavy (non-hydrogen) atoms. The number of aryl methyl sites for hydroxylation is 1. The summed E-state index contributed by atoms with van der Waals surface area (Å²) in [4.78, 5) is 21.2. The van der Waals surface area contributed by atoms with Crippen molar-refractivity contribution in [2.24, 2.45) is 0 Å². The fraction of sp³-hybridized carbons (Fsp3) is 0.286. The SMILES string of the molecule is C=C/C=C\C(C#Cc1sc(NC(=O)NCCc2cn(CC(F)F)cn2)nc1C)=C/C. The summed E-state index contributed by atoms with van der Waals surface area (Å²) in [5.74, 6) is 6.12. The zero-order valence-corrected chi connectivity index (χ0v) is 17.6. The maximum absolute atomic E-state index is 12.3. The monoisotopic (exact) mass is 431 g/mol. The average Bonchev–Trinajstić information content (AvgIpc) is 3.27. The van der Waals surface area contributed by atoms with E-state index in [9.17, 15) is 13.6 Å². The highest BCUT2D eigenvalue weighted by molar-refractivity contribution is 7.16. The largest absolute Gasteiger partial charge is 0.337 e. The normalized spacial score (nSPS) is 11.4. The zero-order chi connectivity index (χ0) is 21.9. The van der Waals surface area contributed by atoms with Crippen LogP contribution < -0.4 is 10.6 Å². The number of urea groups is 1. The molecule has 2 amide bonds. The third-order valence-electron chi connectivity index (χ3n) is 3.76. The fourth-order valence-corrected chi connectivity index (χ4v) is 3.13. The fourth-order valence-electron chi connectivity index (χ4n) is 2.32. The minimum Gasteiger partial charge on any atom is -0.337 e. The number of allylic oxidation sites excluding steroid dienone is 5. The Bertz CT molecular complexity index is 995. The summed E-state index contributed by atoms with van der Waals surface area (Å²) in [6.45, 7) is 7.28. The van der Waals surface area contributed by atoms with E-state index >= 15 is 0 Å². The number of nitrogens with zero attached hydrogens (tertiary/aromatic N) is 3. The first-order valence-corrected chi connectivity index (χ1v) is 10.0. The van der Waals surface area contributed by atoms with Crippen LogP contribution in [0.25, 0.3) is 0 Å². The Balaban J connectivity index is 1.86. The van der Waals surface area contributed by atoms with Gasteiger partial charge >= 0.3 is 6.03 Å². The zero-order valence-electron chi connectivity index (χ0n) is 16.8. The molecule has 0 saturated heterocycles. The van der Waals surface area contributed by atoms with E-state index in [2.05, 4.69) is 39.0 Å². The van der Waals surface area contributed by atoms with Crippen LogP contribution in [0.3, 0.4) is 0 Å². The number of aromatic nitrogens is 3. The van der Waals surface area contributed by atoms with Gasteiger partial charge in [0, 0.05) is 24.7 Å². The molecule has 9 heteroatoms. The van der Waals surface area contributed by atoms with Crippen molar-refractivity contribution < 1.29 is 13.6 Å². The average molecular weight is 432 g/mol. The van der Waals surface area contributed by atoms with E-state index in [1.807, 2.05) is 32.1 Å². The highest BCUT2D eigenvalue weighted by atomic mass is 32.1. The van der Waals surface area contributed by atoms with Crippen LogP contribution >= 0.6 is 11.3 Å². The van der Waals surface area contributed by atoms with Crippen molar-refractivity contribution in [2.75, 3.05) is 11.9 Å². The number of halogens is 2. The van der Waals surface area contributed by atoms with Gasteiger partial charge in [-0.3, -0.25) is 5.32 Å². The van der Waals surface area contributed by atoms with Gasteiger partial charge in [-0.1, -0.05) is 42.1 Å². The van der Waals surface area contributed by atoms with Gasteiger partial charge in [0.25, 0.3) is 6.43 Å². The number of imidazole rings is 1. The molecule has 0 saturated carbocycles. The summed E-state index contributed by atoms with van der Waals surface area (Å²) in [6.07, 6.45) is 8.15. The molecule has 0 spiro atoms. The van der Waals surface area contributed by atoms with Crippen molar-refractivity contribution in [3.63, 3.8) is 0 Å². The summed E-state index contributed by atoms with van der Waals surface area (Å²) in [6, 6.07) is -0.404. The first-order valence-electron chi connectivity index (χ1n) is 9.19. The lowest BCUT2D eigenvalue weighted by molar-refractivity contribution is 0.126. The number of carbonyl (C=O) groups is 1. The molecule has 2 N–H and O–H groups in total. The number of nitrogens with one attached hydrogen (secondary N) is 2. The van der Waals surface area contributed by atoms with E-state index in [0.717, 1.165) is 16.1 Å². The van der Waals surface area contributed by atoms with Crippen LogP contribution in [-0.2, 0) is 13.0 Å². The molecule has 0 atom stereocenters. The van der Waals surface area contributed by atoms with Crippen LogP contribution in [0.2, 0.25) is 0 Å². The van der Waals surface area contributed by atoms with Crippen molar-refractivity contribution >= 4 is 22.5 Å².